The molecule has 0 aromatic carbocycles. The van der Waals surface area contributed by atoms with Gasteiger partial charge in [0.15, 0.2) is 0 Å². The van der Waals surface area contributed by atoms with Gasteiger partial charge in [-0.2, -0.15) is 0 Å². The molecule has 1 saturated heterocycles. The molecule has 1 heterocycles. The van der Waals surface area contributed by atoms with Crippen LogP contribution in [0, 0.1) is 0 Å². The summed E-state index contributed by atoms with van der Waals surface area (Å²) in [6.07, 6.45) is 0. The van der Waals surface area contributed by atoms with Gasteiger partial charge in [-0.25, -0.2) is 0 Å². The van der Waals surface area contributed by atoms with Crippen molar-refractivity contribution in [2.45, 2.75) is 39.3 Å². The van der Waals surface area contributed by atoms with Crippen molar-refractivity contribution in [3.63, 3.8) is 0 Å². The lowest BCUT2D eigenvalue weighted by molar-refractivity contribution is 0.0563. The molecule has 1 aliphatic rings. The Hall–Kier alpha value is -0.540. The van der Waals surface area contributed by atoms with E-state index in [-0.39, 0.29) is 5.54 Å². The van der Waals surface area contributed by atoms with Crippen LogP contribution in [0.4, 0.5) is 0 Å². The third kappa shape index (κ3) is 4.00. The second-order valence-corrected chi connectivity index (χ2v) is 6.49. The molecule has 0 spiro atoms. The van der Waals surface area contributed by atoms with E-state index in [9.17, 15) is 0 Å². The Balaban J connectivity index is 2.58. The SMILES string of the molecule is C=C1CN(CCN(C)C)C[C@H](C)N1C(C)(C)C. The van der Waals surface area contributed by atoms with Crippen molar-refractivity contribution in [2.75, 3.05) is 40.3 Å². The fraction of sp³-hybridized carbons (Fsp3) is 0.857. The van der Waals surface area contributed by atoms with Gasteiger partial charge < -0.3 is 9.80 Å². The van der Waals surface area contributed by atoms with Gasteiger partial charge in [-0.05, 0) is 41.8 Å². The van der Waals surface area contributed by atoms with Gasteiger partial charge in [0.25, 0.3) is 0 Å². The average Bonchev–Trinajstić information content (AvgIpc) is 2.11. The van der Waals surface area contributed by atoms with Gasteiger partial charge in [0, 0.05) is 43.5 Å². The molecule has 100 valence electrons. The number of nitrogens with zero attached hydrogens (tertiary/aromatic N) is 3. The van der Waals surface area contributed by atoms with Crippen LogP contribution >= 0.6 is 0 Å². The molecule has 0 aromatic rings. The molecule has 3 nitrogen and oxygen atoms in total. The van der Waals surface area contributed by atoms with Crippen molar-refractivity contribution >= 4 is 0 Å². The zero-order valence-electron chi connectivity index (χ0n) is 12.5. The standard InChI is InChI=1S/C14H29N3/c1-12-10-16(9-8-15(6)7)11-13(2)17(12)14(3,4)5/h13H,1,8-11H2,2-7H3/t13-/m0/s1. The van der Waals surface area contributed by atoms with Gasteiger partial charge in [0.2, 0.25) is 0 Å². The summed E-state index contributed by atoms with van der Waals surface area (Å²) in [6, 6.07) is 0.554. The van der Waals surface area contributed by atoms with Crippen LogP contribution < -0.4 is 0 Å². The Labute approximate surface area is 107 Å². The molecule has 0 saturated carbocycles. The van der Waals surface area contributed by atoms with E-state index >= 15 is 0 Å². The minimum atomic E-state index is 0.185. The van der Waals surface area contributed by atoms with Crippen LogP contribution in [0.1, 0.15) is 27.7 Å². The van der Waals surface area contributed by atoms with Crippen LogP contribution in [0.3, 0.4) is 0 Å². The van der Waals surface area contributed by atoms with Crippen molar-refractivity contribution in [3.05, 3.63) is 12.3 Å². The van der Waals surface area contributed by atoms with Crippen molar-refractivity contribution in [1.82, 2.24) is 14.7 Å². The quantitative estimate of drug-likeness (QED) is 0.744. The third-order valence-electron chi connectivity index (χ3n) is 3.30. The summed E-state index contributed by atoms with van der Waals surface area (Å²) >= 11 is 0. The molecule has 0 aromatic heterocycles. The van der Waals surface area contributed by atoms with Crippen LogP contribution in [-0.2, 0) is 0 Å². The van der Waals surface area contributed by atoms with Gasteiger partial charge in [0.1, 0.15) is 0 Å². The molecule has 1 aliphatic heterocycles. The summed E-state index contributed by atoms with van der Waals surface area (Å²) in [4.78, 5) is 7.22. The van der Waals surface area contributed by atoms with Gasteiger partial charge in [-0.15, -0.1) is 0 Å². The Kier molecular flexibility index (Phi) is 4.62. The molecule has 0 radical (unpaired) electrons. The molecular weight excluding hydrogens is 210 g/mol. The van der Waals surface area contributed by atoms with Crippen molar-refractivity contribution in [3.8, 4) is 0 Å². The number of hydrogen-bond donors (Lipinski definition) is 0. The van der Waals surface area contributed by atoms with Gasteiger partial charge in [-0.3, -0.25) is 4.90 Å². The third-order valence-corrected chi connectivity index (χ3v) is 3.30. The minimum absolute atomic E-state index is 0.185. The van der Waals surface area contributed by atoms with Gasteiger partial charge in [-0.1, -0.05) is 6.58 Å². The maximum Gasteiger partial charge on any atom is 0.0391 e. The number of likely N-dealkylation sites (N-methyl/N-ethyl adjacent to an activating group) is 1. The summed E-state index contributed by atoms with van der Waals surface area (Å²) in [7, 11) is 4.26. The molecule has 0 aliphatic carbocycles. The van der Waals surface area contributed by atoms with E-state index in [0.717, 1.165) is 26.2 Å². The maximum atomic E-state index is 4.26. The highest BCUT2D eigenvalue weighted by molar-refractivity contribution is 5.08. The van der Waals surface area contributed by atoms with Gasteiger partial charge >= 0.3 is 0 Å². The van der Waals surface area contributed by atoms with E-state index in [2.05, 4.69) is 63.1 Å². The molecule has 0 amide bonds. The van der Waals surface area contributed by atoms with Crippen LogP contribution in [0.5, 0.6) is 0 Å². The highest BCUT2D eigenvalue weighted by Gasteiger charge is 2.32. The molecule has 1 rings (SSSR count). The topological polar surface area (TPSA) is 9.72 Å². The highest BCUT2D eigenvalue weighted by atomic mass is 15.3. The largest absolute Gasteiger partial charge is 0.365 e. The molecule has 0 unspecified atom stereocenters. The maximum absolute atomic E-state index is 4.26. The zero-order valence-corrected chi connectivity index (χ0v) is 12.5. The van der Waals surface area contributed by atoms with Crippen molar-refractivity contribution in [2.24, 2.45) is 0 Å². The lowest BCUT2D eigenvalue weighted by Gasteiger charge is -2.49. The van der Waals surface area contributed by atoms with Gasteiger partial charge in [0.05, 0.1) is 0 Å². The Morgan fingerprint density at radius 3 is 2.35 bits per heavy atom. The summed E-state index contributed by atoms with van der Waals surface area (Å²) in [5.41, 5.74) is 1.44. The van der Waals surface area contributed by atoms with Crippen LogP contribution in [-0.4, -0.2) is 66.6 Å². The first-order valence-electron chi connectivity index (χ1n) is 6.56. The first kappa shape index (κ1) is 14.5. The number of hydrogen-bond acceptors (Lipinski definition) is 3. The lowest BCUT2D eigenvalue weighted by atomic mass is 9.99. The lowest BCUT2D eigenvalue weighted by Crippen LogP contribution is -2.57. The monoisotopic (exact) mass is 239 g/mol. The predicted molar refractivity (Wildman–Crippen MR) is 75.2 cm³/mol. The normalized spacial score (nSPS) is 23.6. The predicted octanol–water partition coefficient (Wildman–Crippen LogP) is 1.87. The Morgan fingerprint density at radius 1 is 1.35 bits per heavy atom. The minimum Gasteiger partial charge on any atom is -0.365 e. The second kappa shape index (κ2) is 5.40. The fourth-order valence-corrected chi connectivity index (χ4v) is 2.81. The van der Waals surface area contributed by atoms with E-state index in [4.69, 9.17) is 0 Å². The second-order valence-electron chi connectivity index (χ2n) is 6.49. The molecule has 3 heteroatoms. The van der Waals surface area contributed by atoms with Crippen LogP contribution in [0.25, 0.3) is 0 Å². The Morgan fingerprint density at radius 2 is 1.94 bits per heavy atom. The van der Waals surface area contributed by atoms with E-state index in [1.165, 1.54) is 5.70 Å². The van der Waals surface area contributed by atoms with Crippen molar-refractivity contribution < 1.29 is 0 Å². The molecule has 17 heavy (non-hydrogen) atoms. The van der Waals surface area contributed by atoms with Crippen LogP contribution in [0.2, 0.25) is 0 Å². The van der Waals surface area contributed by atoms with E-state index in [1.807, 2.05) is 0 Å². The first-order valence-corrected chi connectivity index (χ1v) is 6.56. The molecule has 0 bridgehead atoms. The van der Waals surface area contributed by atoms with Crippen molar-refractivity contribution in [1.29, 1.82) is 0 Å². The average molecular weight is 239 g/mol. The molecule has 1 atom stereocenters. The number of piperazine rings is 1. The highest BCUT2D eigenvalue weighted by Crippen LogP contribution is 2.26. The van der Waals surface area contributed by atoms with Crippen LogP contribution in [0.15, 0.2) is 12.3 Å². The van der Waals surface area contributed by atoms with E-state index in [0.29, 0.717) is 6.04 Å². The number of rotatable bonds is 3. The van der Waals surface area contributed by atoms with E-state index in [1.54, 1.807) is 0 Å². The van der Waals surface area contributed by atoms with E-state index < -0.39 is 0 Å². The summed E-state index contributed by atoms with van der Waals surface area (Å²) in [5.74, 6) is 0. The summed E-state index contributed by atoms with van der Waals surface area (Å²) < 4.78 is 0. The summed E-state index contributed by atoms with van der Waals surface area (Å²) in [6.45, 7) is 17.8. The molecular formula is C14H29N3. The fourth-order valence-electron chi connectivity index (χ4n) is 2.81. The molecule has 0 N–H and O–H groups in total. The molecule has 1 fully saturated rings. The zero-order chi connectivity index (χ0) is 13.2. The smallest absolute Gasteiger partial charge is 0.0391 e. The first-order chi connectivity index (χ1) is 7.71. The Bertz CT molecular complexity index is 265. The summed E-state index contributed by atoms with van der Waals surface area (Å²) in [5, 5.41) is 0.